The third-order valence-electron chi connectivity index (χ3n) is 3.32. The van der Waals surface area contributed by atoms with E-state index in [1.54, 1.807) is 38.2 Å². The van der Waals surface area contributed by atoms with E-state index in [1.807, 2.05) is 13.0 Å². The van der Waals surface area contributed by atoms with Crippen LogP contribution < -0.4 is 0 Å². The van der Waals surface area contributed by atoms with Gasteiger partial charge in [-0.05, 0) is 19.4 Å². The van der Waals surface area contributed by atoms with Crippen LogP contribution in [-0.4, -0.2) is 35.5 Å². The normalized spacial score (nSPS) is 13.3. The monoisotopic (exact) mass is 275 g/mol. The van der Waals surface area contributed by atoms with E-state index in [9.17, 15) is 14.7 Å². The second kappa shape index (κ2) is 6.37. The number of nitrogens with zero attached hydrogens (tertiary/aromatic N) is 1. The van der Waals surface area contributed by atoms with Crippen LogP contribution in [0, 0.1) is 0 Å². The van der Waals surface area contributed by atoms with E-state index >= 15 is 0 Å². The molecule has 4 nitrogen and oxygen atoms in total. The van der Waals surface area contributed by atoms with Crippen molar-refractivity contribution in [2.75, 3.05) is 13.6 Å². The number of hydrogen-bond donors (Lipinski definition) is 1. The highest BCUT2D eigenvalue weighted by Gasteiger charge is 2.38. The van der Waals surface area contributed by atoms with Crippen molar-refractivity contribution in [2.45, 2.75) is 25.7 Å². The molecule has 0 fully saturated rings. The van der Waals surface area contributed by atoms with Crippen molar-refractivity contribution in [1.82, 2.24) is 4.90 Å². The lowest BCUT2D eigenvalue weighted by Gasteiger charge is -2.27. The molecule has 0 saturated carbocycles. The Balaban J connectivity index is 2.96. The molecule has 0 aliphatic heterocycles. The van der Waals surface area contributed by atoms with Crippen LogP contribution in [0.1, 0.15) is 25.8 Å². The topological polar surface area (TPSA) is 57.6 Å². The van der Waals surface area contributed by atoms with Crippen LogP contribution in [0.3, 0.4) is 0 Å². The summed E-state index contributed by atoms with van der Waals surface area (Å²) in [5.41, 5.74) is 0.268. The van der Waals surface area contributed by atoms with Gasteiger partial charge in [-0.15, -0.1) is 0 Å². The maximum atomic E-state index is 12.2. The second-order valence-corrected chi connectivity index (χ2v) is 5.39. The van der Waals surface area contributed by atoms with Crippen molar-refractivity contribution >= 4 is 11.9 Å². The van der Waals surface area contributed by atoms with Crippen LogP contribution in [0.4, 0.5) is 0 Å². The summed E-state index contributed by atoms with van der Waals surface area (Å²) < 4.78 is 0. The summed E-state index contributed by atoms with van der Waals surface area (Å²) in [5, 5.41) is 9.51. The molecular weight excluding hydrogens is 254 g/mol. The fraction of sp³-hybridized carbons (Fsp3) is 0.375. The third kappa shape index (κ3) is 3.70. The average molecular weight is 275 g/mol. The molecule has 0 radical (unpaired) electrons. The third-order valence-corrected chi connectivity index (χ3v) is 3.32. The summed E-state index contributed by atoms with van der Waals surface area (Å²) in [6.45, 7) is 7.60. The van der Waals surface area contributed by atoms with Crippen molar-refractivity contribution in [3.63, 3.8) is 0 Å². The molecule has 1 aromatic rings. The zero-order valence-electron chi connectivity index (χ0n) is 12.2. The van der Waals surface area contributed by atoms with E-state index in [2.05, 4.69) is 6.58 Å². The standard InChI is InChI=1S/C16H21NO3/c1-12(2)11-17(4)14(18)10-16(3,15(19)20)13-8-6-5-7-9-13/h5-9H,1,10-11H2,2-4H3,(H,19,20). The fourth-order valence-electron chi connectivity index (χ4n) is 2.04. The molecule has 0 saturated heterocycles. The number of benzene rings is 1. The van der Waals surface area contributed by atoms with E-state index in [0.29, 0.717) is 12.1 Å². The molecule has 1 unspecified atom stereocenters. The van der Waals surface area contributed by atoms with Gasteiger partial charge in [0.2, 0.25) is 5.91 Å². The molecule has 1 amide bonds. The average Bonchev–Trinajstić information content (AvgIpc) is 2.38. The van der Waals surface area contributed by atoms with Gasteiger partial charge in [-0.25, -0.2) is 0 Å². The first-order valence-corrected chi connectivity index (χ1v) is 6.44. The van der Waals surface area contributed by atoms with Crippen molar-refractivity contribution in [3.05, 3.63) is 48.0 Å². The highest BCUT2D eigenvalue weighted by molar-refractivity contribution is 5.89. The van der Waals surface area contributed by atoms with E-state index in [-0.39, 0.29) is 12.3 Å². The minimum Gasteiger partial charge on any atom is -0.481 e. The van der Waals surface area contributed by atoms with Gasteiger partial charge in [0, 0.05) is 20.0 Å². The number of hydrogen-bond acceptors (Lipinski definition) is 2. The first kappa shape index (κ1) is 16.0. The van der Waals surface area contributed by atoms with Crippen LogP contribution in [-0.2, 0) is 15.0 Å². The number of rotatable bonds is 6. The Hall–Kier alpha value is -2.10. The molecule has 1 rings (SSSR count). The van der Waals surface area contributed by atoms with Gasteiger partial charge in [0.1, 0.15) is 0 Å². The van der Waals surface area contributed by atoms with Crippen molar-refractivity contribution < 1.29 is 14.7 Å². The Morgan fingerprint density at radius 2 is 1.85 bits per heavy atom. The lowest BCUT2D eigenvalue weighted by Crippen LogP contribution is -2.40. The van der Waals surface area contributed by atoms with Gasteiger partial charge in [0.05, 0.1) is 5.41 Å². The molecule has 0 bridgehead atoms. The largest absolute Gasteiger partial charge is 0.481 e. The fourth-order valence-corrected chi connectivity index (χ4v) is 2.04. The zero-order chi connectivity index (χ0) is 15.3. The maximum absolute atomic E-state index is 12.2. The smallest absolute Gasteiger partial charge is 0.314 e. The van der Waals surface area contributed by atoms with E-state index < -0.39 is 11.4 Å². The first-order valence-electron chi connectivity index (χ1n) is 6.44. The molecule has 0 heterocycles. The van der Waals surface area contributed by atoms with Crippen LogP contribution in [0.2, 0.25) is 0 Å². The Kier molecular flexibility index (Phi) is 5.08. The molecule has 0 spiro atoms. The Bertz CT molecular complexity index is 510. The highest BCUT2D eigenvalue weighted by atomic mass is 16.4. The summed E-state index contributed by atoms with van der Waals surface area (Å²) in [6, 6.07) is 8.85. The molecule has 4 heteroatoms. The van der Waals surface area contributed by atoms with Crippen LogP contribution >= 0.6 is 0 Å². The number of aliphatic carboxylic acids is 1. The molecule has 1 atom stereocenters. The molecule has 0 aliphatic rings. The summed E-state index contributed by atoms with van der Waals surface area (Å²) in [4.78, 5) is 25.3. The summed E-state index contributed by atoms with van der Waals surface area (Å²) >= 11 is 0. The number of carbonyl (C=O) groups excluding carboxylic acids is 1. The number of carboxylic acid groups (broad SMARTS) is 1. The van der Waals surface area contributed by atoms with Gasteiger partial charge in [0.15, 0.2) is 0 Å². The van der Waals surface area contributed by atoms with Gasteiger partial charge >= 0.3 is 5.97 Å². The quantitative estimate of drug-likeness (QED) is 0.811. The molecule has 0 aromatic heterocycles. The van der Waals surface area contributed by atoms with Crippen molar-refractivity contribution in [2.24, 2.45) is 0 Å². The minimum atomic E-state index is -1.22. The minimum absolute atomic E-state index is 0.0733. The molecule has 20 heavy (non-hydrogen) atoms. The number of amides is 1. The van der Waals surface area contributed by atoms with Crippen LogP contribution in [0.5, 0.6) is 0 Å². The lowest BCUT2D eigenvalue weighted by atomic mass is 9.79. The molecule has 0 aliphatic carbocycles. The number of likely N-dealkylation sites (N-methyl/N-ethyl adjacent to an activating group) is 1. The lowest BCUT2D eigenvalue weighted by molar-refractivity contribution is -0.147. The second-order valence-electron chi connectivity index (χ2n) is 5.39. The van der Waals surface area contributed by atoms with Gasteiger partial charge in [-0.2, -0.15) is 0 Å². The highest BCUT2D eigenvalue weighted by Crippen LogP contribution is 2.28. The van der Waals surface area contributed by atoms with Crippen LogP contribution in [0.25, 0.3) is 0 Å². The van der Waals surface area contributed by atoms with Crippen LogP contribution in [0.15, 0.2) is 42.5 Å². The van der Waals surface area contributed by atoms with Gasteiger partial charge in [-0.1, -0.05) is 42.5 Å². The molecule has 1 N–H and O–H groups in total. The Labute approximate surface area is 119 Å². The molecule has 1 aromatic carbocycles. The van der Waals surface area contributed by atoms with Gasteiger partial charge in [-0.3, -0.25) is 9.59 Å². The van der Waals surface area contributed by atoms with Gasteiger partial charge in [0.25, 0.3) is 0 Å². The van der Waals surface area contributed by atoms with Crippen molar-refractivity contribution in [1.29, 1.82) is 0 Å². The molecular formula is C16H21NO3. The molecule has 108 valence electrons. The SMILES string of the molecule is C=C(C)CN(C)C(=O)CC(C)(C(=O)O)c1ccccc1. The van der Waals surface area contributed by atoms with E-state index in [0.717, 1.165) is 5.57 Å². The summed E-state index contributed by atoms with van der Waals surface area (Å²) in [5.74, 6) is -1.21. The Morgan fingerprint density at radius 3 is 2.30 bits per heavy atom. The van der Waals surface area contributed by atoms with Crippen molar-refractivity contribution in [3.8, 4) is 0 Å². The van der Waals surface area contributed by atoms with E-state index in [1.165, 1.54) is 4.90 Å². The predicted molar refractivity (Wildman–Crippen MR) is 78.5 cm³/mol. The maximum Gasteiger partial charge on any atom is 0.314 e. The summed E-state index contributed by atoms with van der Waals surface area (Å²) in [6.07, 6.45) is -0.0733. The predicted octanol–water partition coefficient (Wildman–Crippen LogP) is 2.45. The number of carbonyl (C=O) groups is 2. The summed E-state index contributed by atoms with van der Waals surface area (Å²) in [7, 11) is 1.66. The van der Waals surface area contributed by atoms with E-state index in [4.69, 9.17) is 0 Å². The number of carboxylic acids is 1. The van der Waals surface area contributed by atoms with Gasteiger partial charge < -0.3 is 10.0 Å². The first-order chi connectivity index (χ1) is 9.27. The Morgan fingerprint density at radius 1 is 1.30 bits per heavy atom. The zero-order valence-corrected chi connectivity index (χ0v) is 12.2.